The molecule has 3 nitrogen and oxygen atoms in total. The topological polar surface area (TPSA) is 43.0 Å². The Morgan fingerprint density at radius 3 is 2.59 bits per heavy atom. The Balaban J connectivity index is 1.51. The van der Waals surface area contributed by atoms with Crippen LogP contribution >= 0.6 is 12.2 Å². The van der Waals surface area contributed by atoms with Crippen molar-refractivity contribution in [2.75, 3.05) is 13.1 Å². The molecule has 34 heavy (non-hydrogen) atoms. The highest BCUT2D eigenvalue weighted by atomic mass is 32.1. The molecule has 1 aliphatic heterocycles. The molecule has 2 aromatic carbocycles. The Kier molecular flexibility index (Phi) is 6.30. The van der Waals surface area contributed by atoms with Crippen molar-refractivity contribution in [3.8, 4) is 11.1 Å². The number of rotatable bonds is 7. The minimum Gasteiger partial charge on any atom is -0.389 e. The van der Waals surface area contributed by atoms with Gasteiger partial charge in [-0.05, 0) is 48.9 Å². The summed E-state index contributed by atoms with van der Waals surface area (Å²) in [5, 5.41) is 4.44. The summed E-state index contributed by atoms with van der Waals surface area (Å²) in [6.45, 7) is 6.35. The van der Waals surface area contributed by atoms with Crippen molar-refractivity contribution in [3.05, 3.63) is 71.9 Å². The van der Waals surface area contributed by atoms with Crippen LogP contribution in [-0.2, 0) is 6.42 Å². The van der Waals surface area contributed by atoms with E-state index in [-0.39, 0.29) is 18.9 Å². The Morgan fingerprint density at radius 1 is 1.15 bits per heavy atom. The lowest BCUT2D eigenvalue weighted by molar-refractivity contribution is -0.0435. The molecule has 2 heterocycles. The summed E-state index contributed by atoms with van der Waals surface area (Å²) in [5.41, 5.74) is 12.5. The number of nitrogens with two attached hydrogens (primary N) is 1. The molecular weight excluding hydrogens is 448 g/mol. The zero-order chi connectivity index (χ0) is 23.9. The summed E-state index contributed by atoms with van der Waals surface area (Å²) in [7, 11) is 0. The molecule has 3 aromatic rings. The SMILES string of the molecule is C=C(CCc1ccc2c(-c3cccc(C(N)=S)c3)cn(C3CCC(F)(F)CC3)c2c1)C1CNC1. The van der Waals surface area contributed by atoms with E-state index in [1.807, 2.05) is 18.2 Å². The standard InChI is InChI=1S/C28H31F2N3S/c1-18(22-15-32-16-22)5-6-19-7-8-24-25(20-3-2-4-21(14-20)27(31)34)17-33(26(24)13-19)23-9-11-28(29,30)12-10-23/h2-4,7-8,13-14,17,22-23,32H,1,5-6,9-12,15-16H2,(H2,31,34). The highest BCUT2D eigenvalue weighted by Crippen LogP contribution is 2.42. The quantitative estimate of drug-likeness (QED) is 0.304. The van der Waals surface area contributed by atoms with Crippen LogP contribution in [0.1, 0.15) is 49.3 Å². The molecule has 0 radical (unpaired) electrons. The van der Waals surface area contributed by atoms with E-state index < -0.39 is 5.92 Å². The van der Waals surface area contributed by atoms with E-state index >= 15 is 0 Å². The van der Waals surface area contributed by atoms with Crippen molar-refractivity contribution >= 4 is 28.1 Å². The van der Waals surface area contributed by atoms with Crippen LogP contribution in [0.3, 0.4) is 0 Å². The number of hydrogen-bond acceptors (Lipinski definition) is 2. The van der Waals surface area contributed by atoms with Crippen LogP contribution in [0, 0.1) is 5.92 Å². The highest BCUT2D eigenvalue weighted by molar-refractivity contribution is 7.80. The van der Waals surface area contributed by atoms with Gasteiger partial charge < -0.3 is 15.6 Å². The first-order valence-electron chi connectivity index (χ1n) is 12.1. The van der Waals surface area contributed by atoms with Gasteiger partial charge in [0.2, 0.25) is 5.92 Å². The monoisotopic (exact) mass is 479 g/mol. The molecule has 3 N–H and O–H groups in total. The summed E-state index contributed by atoms with van der Waals surface area (Å²) >= 11 is 5.19. The fourth-order valence-corrected chi connectivity index (χ4v) is 5.34. The van der Waals surface area contributed by atoms with Crippen molar-refractivity contribution in [3.63, 3.8) is 0 Å². The molecule has 0 unspecified atom stereocenters. The molecule has 0 spiro atoms. The molecule has 1 aliphatic carbocycles. The second kappa shape index (κ2) is 9.23. The van der Waals surface area contributed by atoms with Crippen LogP contribution in [0.15, 0.2) is 60.8 Å². The van der Waals surface area contributed by atoms with E-state index in [0.29, 0.717) is 23.7 Å². The number of alkyl halides is 2. The number of aryl methyl sites for hydroxylation is 1. The van der Waals surface area contributed by atoms with Crippen LogP contribution in [0.2, 0.25) is 0 Å². The number of benzene rings is 2. The van der Waals surface area contributed by atoms with Crippen LogP contribution in [0.25, 0.3) is 22.0 Å². The summed E-state index contributed by atoms with van der Waals surface area (Å²) in [4.78, 5) is 0.365. The van der Waals surface area contributed by atoms with Crippen LogP contribution in [0.4, 0.5) is 8.78 Å². The van der Waals surface area contributed by atoms with Gasteiger partial charge in [0.05, 0.1) is 0 Å². The molecular formula is C28H31F2N3S. The largest absolute Gasteiger partial charge is 0.389 e. The zero-order valence-electron chi connectivity index (χ0n) is 19.3. The molecule has 1 saturated carbocycles. The molecule has 5 rings (SSSR count). The van der Waals surface area contributed by atoms with Gasteiger partial charge in [0, 0.05) is 66.1 Å². The van der Waals surface area contributed by atoms with Gasteiger partial charge in [0.25, 0.3) is 0 Å². The van der Waals surface area contributed by atoms with E-state index in [0.717, 1.165) is 53.5 Å². The number of thiocarbonyl (C=S) groups is 1. The lowest BCUT2D eigenvalue weighted by atomic mass is 9.90. The number of hydrogen-bond donors (Lipinski definition) is 2. The summed E-state index contributed by atoms with van der Waals surface area (Å²) in [5.74, 6) is -1.96. The van der Waals surface area contributed by atoms with E-state index in [1.54, 1.807) is 0 Å². The van der Waals surface area contributed by atoms with Gasteiger partial charge in [-0.15, -0.1) is 0 Å². The Bertz CT molecular complexity index is 1230. The van der Waals surface area contributed by atoms with Gasteiger partial charge >= 0.3 is 0 Å². The number of nitrogens with one attached hydrogen (secondary N) is 1. The van der Waals surface area contributed by atoms with Gasteiger partial charge in [-0.3, -0.25) is 0 Å². The predicted molar refractivity (Wildman–Crippen MR) is 140 cm³/mol. The predicted octanol–water partition coefficient (Wildman–Crippen LogP) is 6.40. The van der Waals surface area contributed by atoms with Crippen molar-refractivity contribution in [2.45, 2.75) is 50.5 Å². The fraction of sp³-hybridized carbons (Fsp3) is 0.393. The number of halogens is 2. The number of nitrogens with zero attached hydrogens (tertiary/aromatic N) is 1. The summed E-state index contributed by atoms with van der Waals surface area (Å²) in [6.07, 6.45) is 4.90. The number of fused-ring (bicyclic) bond motifs is 1. The van der Waals surface area contributed by atoms with E-state index in [9.17, 15) is 8.78 Å². The average Bonchev–Trinajstić information content (AvgIpc) is 3.15. The van der Waals surface area contributed by atoms with Crippen LogP contribution in [0.5, 0.6) is 0 Å². The molecule has 6 heteroatoms. The molecule has 0 bridgehead atoms. The van der Waals surface area contributed by atoms with Crippen molar-refractivity contribution in [1.82, 2.24) is 9.88 Å². The van der Waals surface area contributed by atoms with E-state index in [1.165, 1.54) is 11.1 Å². The molecule has 2 aliphatic rings. The van der Waals surface area contributed by atoms with Gasteiger partial charge in [0.15, 0.2) is 0 Å². The Morgan fingerprint density at radius 2 is 1.91 bits per heavy atom. The molecule has 1 saturated heterocycles. The zero-order valence-corrected chi connectivity index (χ0v) is 20.1. The van der Waals surface area contributed by atoms with Gasteiger partial charge in [-0.1, -0.05) is 54.7 Å². The van der Waals surface area contributed by atoms with Crippen molar-refractivity contribution in [1.29, 1.82) is 0 Å². The molecule has 178 valence electrons. The van der Waals surface area contributed by atoms with E-state index in [2.05, 4.69) is 46.9 Å². The second-order valence-corrected chi connectivity index (χ2v) is 10.3. The highest BCUT2D eigenvalue weighted by Gasteiger charge is 2.36. The van der Waals surface area contributed by atoms with Crippen molar-refractivity contribution in [2.24, 2.45) is 11.7 Å². The Hall–Kier alpha value is -2.57. The molecule has 2 fully saturated rings. The minimum atomic E-state index is -2.55. The smallest absolute Gasteiger partial charge is 0.248 e. The third-order valence-corrected chi connectivity index (χ3v) is 7.77. The third-order valence-electron chi connectivity index (χ3n) is 7.53. The summed E-state index contributed by atoms with van der Waals surface area (Å²) in [6, 6.07) is 14.6. The first-order valence-corrected chi connectivity index (χ1v) is 12.5. The minimum absolute atomic E-state index is 0.0570. The maximum atomic E-state index is 13.9. The lowest BCUT2D eigenvalue weighted by Gasteiger charge is -2.30. The van der Waals surface area contributed by atoms with E-state index in [4.69, 9.17) is 18.0 Å². The normalized spacial score (nSPS) is 18.6. The van der Waals surface area contributed by atoms with Gasteiger partial charge in [-0.2, -0.15) is 0 Å². The maximum absolute atomic E-state index is 13.9. The summed E-state index contributed by atoms with van der Waals surface area (Å²) < 4.78 is 30.0. The second-order valence-electron chi connectivity index (χ2n) is 9.85. The molecule has 0 amide bonds. The maximum Gasteiger partial charge on any atom is 0.248 e. The van der Waals surface area contributed by atoms with Crippen LogP contribution in [-0.4, -0.2) is 28.6 Å². The molecule has 1 aromatic heterocycles. The van der Waals surface area contributed by atoms with Crippen molar-refractivity contribution < 1.29 is 8.78 Å². The Labute approximate surface area is 205 Å². The first-order chi connectivity index (χ1) is 16.3. The fourth-order valence-electron chi connectivity index (χ4n) is 5.21. The first kappa shape index (κ1) is 23.2. The van der Waals surface area contributed by atoms with Gasteiger partial charge in [0.1, 0.15) is 4.99 Å². The lowest BCUT2D eigenvalue weighted by Crippen LogP contribution is -2.42. The molecule has 0 atom stereocenters. The van der Waals surface area contributed by atoms with Crippen LogP contribution < -0.4 is 11.1 Å². The average molecular weight is 480 g/mol. The third kappa shape index (κ3) is 4.66. The number of aromatic nitrogens is 1. The van der Waals surface area contributed by atoms with Gasteiger partial charge in [-0.25, -0.2) is 8.78 Å².